The fraction of sp³-hybridized carbons (Fsp3) is 0.857. The number of carbonyl (C=O) groups excluding carboxylic acids is 1. The summed E-state index contributed by atoms with van der Waals surface area (Å²) in [5, 5.41) is 10.9. The zero-order valence-corrected chi connectivity index (χ0v) is 6.80. The third-order valence-electron chi connectivity index (χ3n) is 1.05. The van der Waals surface area contributed by atoms with Crippen LogP contribution in [0.1, 0.15) is 19.8 Å². The second-order valence-corrected chi connectivity index (χ2v) is 2.14. The highest BCUT2D eigenvalue weighted by Gasteiger charge is 1.97. The molecule has 0 rings (SSSR count). The molecule has 0 unspecified atom stereocenters. The summed E-state index contributed by atoms with van der Waals surface area (Å²) in [6, 6.07) is 0. The van der Waals surface area contributed by atoms with Gasteiger partial charge in [-0.05, 0) is 6.42 Å². The maximum absolute atomic E-state index is 10.7. The first-order chi connectivity index (χ1) is 5.31. The average Bonchev–Trinajstić information content (AvgIpc) is 2.01. The van der Waals surface area contributed by atoms with Crippen molar-refractivity contribution in [2.24, 2.45) is 0 Å². The minimum absolute atomic E-state index is 0.0566. The molecule has 0 aliphatic heterocycles. The molecule has 0 aromatic heterocycles. The Morgan fingerprint density at radius 2 is 2.36 bits per heavy atom. The van der Waals surface area contributed by atoms with Crippen molar-refractivity contribution in [3.05, 3.63) is 0 Å². The normalized spacial score (nSPS) is 9.27. The molecule has 4 nitrogen and oxygen atoms in total. The van der Waals surface area contributed by atoms with E-state index in [2.05, 4.69) is 10.1 Å². The lowest BCUT2D eigenvalue weighted by atomic mass is 10.5. The molecule has 0 radical (unpaired) electrons. The van der Waals surface area contributed by atoms with Crippen molar-refractivity contribution >= 4 is 6.09 Å². The lowest BCUT2D eigenvalue weighted by Crippen LogP contribution is -2.25. The van der Waals surface area contributed by atoms with Gasteiger partial charge in [0.1, 0.15) is 0 Å². The largest absolute Gasteiger partial charge is 0.449 e. The number of hydrogen-bond donors (Lipinski definition) is 2. The Hall–Kier alpha value is -0.770. The predicted molar refractivity (Wildman–Crippen MR) is 41.3 cm³/mol. The van der Waals surface area contributed by atoms with E-state index in [0.29, 0.717) is 13.0 Å². The average molecular weight is 161 g/mol. The van der Waals surface area contributed by atoms with E-state index in [1.54, 1.807) is 0 Å². The first-order valence-electron chi connectivity index (χ1n) is 3.82. The lowest BCUT2D eigenvalue weighted by molar-refractivity contribution is 0.135. The summed E-state index contributed by atoms with van der Waals surface area (Å²) in [5.41, 5.74) is 0. The minimum Gasteiger partial charge on any atom is -0.449 e. The maximum atomic E-state index is 10.7. The first kappa shape index (κ1) is 10.2. The van der Waals surface area contributed by atoms with Crippen molar-refractivity contribution in [1.82, 2.24) is 5.32 Å². The molecule has 66 valence electrons. The minimum atomic E-state index is -0.402. The van der Waals surface area contributed by atoms with E-state index in [0.717, 1.165) is 6.42 Å². The predicted octanol–water partition coefficient (Wildman–Crippen LogP) is 0.505. The number of aliphatic hydroxyl groups excluding tert-OH is 1. The van der Waals surface area contributed by atoms with Gasteiger partial charge in [0, 0.05) is 19.6 Å². The highest BCUT2D eigenvalue weighted by atomic mass is 16.5. The second-order valence-electron chi connectivity index (χ2n) is 2.14. The molecule has 2 N–H and O–H groups in total. The Balaban J connectivity index is 3.09. The topological polar surface area (TPSA) is 58.6 Å². The van der Waals surface area contributed by atoms with E-state index >= 15 is 0 Å². The van der Waals surface area contributed by atoms with E-state index in [1.807, 2.05) is 6.92 Å². The maximum Gasteiger partial charge on any atom is 0.407 e. The SMILES string of the molecule is CCCNC(=O)OCCCO. The molecule has 0 aromatic rings. The smallest absolute Gasteiger partial charge is 0.407 e. The monoisotopic (exact) mass is 161 g/mol. The van der Waals surface area contributed by atoms with Crippen molar-refractivity contribution in [2.75, 3.05) is 19.8 Å². The Morgan fingerprint density at radius 1 is 1.64 bits per heavy atom. The number of carbonyl (C=O) groups is 1. The molecule has 0 spiro atoms. The van der Waals surface area contributed by atoms with Crippen LogP contribution in [0.25, 0.3) is 0 Å². The lowest BCUT2D eigenvalue weighted by Gasteiger charge is -2.03. The van der Waals surface area contributed by atoms with Gasteiger partial charge in [-0.2, -0.15) is 0 Å². The Bertz CT molecular complexity index is 106. The van der Waals surface area contributed by atoms with Crippen LogP contribution >= 0.6 is 0 Å². The second kappa shape index (κ2) is 7.34. The van der Waals surface area contributed by atoms with E-state index in [9.17, 15) is 4.79 Å². The van der Waals surface area contributed by atoms with Crippen LogP contribution in [0.3, 0.4) is 0 Å². The summed E-state index contributed by atoms with van der Waals surface area (Å²) in [6.07, 6.45) is 0.995. The van der Waals surface area contributed by atoms with Gasteiger partial charge in [-0.15, -0.1) is 0 Å². The summed E-state index contributed by atoms with van der Waals surface area (Å²) >= 11 is 0. The van der Waals surface area contributed by atoms with Gasteiger partial charge in [0.15, 0.2) is 0 Å². The number of hydrogen-bond acceptors (Lipinski definition) is 3. The van der Waals surface area contributed by atoms with Gasteiger partial charge in [0.05, 0.1) is 6.61 Å². The molecule has 0 atom stereocenters. The molecular weight excluding hydrogens is 146 g/mol. The van der Waals surface area contributed by atoms with Gasteiger partial charge in [-0.25, -0.2) is 4.79 Å². The molecule has 0 bridgehead atoms. The van der Waals surface area contributed by atoms with Crippen LogP contribution in [0.4, 0.5) is 4.79 Å². The molecule has 0 saturated carbocycles. The number of ether oxygens (including phenoxy) is 1. The number of rotatable bonds is 5. The molecule has 0 heterocycles. The molecule has 1 amide bonds. The van der Waals surface area contributed by atoms with Crippen LogP contribution < -0.4 is 5.32 Å². The molecule has 0 fully saturated rings. The summed E-state index contributed by atoms with van der Waals surface area (Å²) < 4.78 is 4.67. The number of alkyl carbamates (subject to hydrolysis) is 1. The van der Waals surface area contributed by atoms with Gasteiger partial charge in [0.25, 0.3) is 0 Å². The van der Waals surface area contributed by atoms with Crippen molar-refractivity contribution < 1.29 is 14.6 Å². The van der Waals surface area contributed by atoms with Crippen molar-refractivity contribution in [1.29, 1.82) is 0 Å². The number of nitrogens with one attached hydrogen (secondary N) is 1. The Morgan fingerprint density at radius 3 is 2.91 bits per heavy atom. The Labute approximate surface area is 66.5 Å². The highest BCUT2D eigenvalue weighted by Crippen LogP contribution is 1.82. The van der Waals surface area contributed by atoms with E-state index in [4.69, 9.17) is 5.11 Å². The molecule has 0 aromatic carbocycles. The van der Waals surface area contributed by atoms with Gasteiger partial charge in [-0.1, -0.05) is 6.92 Å². The van der Waals surface area contributed by atoms with Crippen molar-refractivity contribution in [3.63, 3.8) is 0 Å². The molecule has 0 saturated heterocycles. The van der Waals surface area contributed by atoms with E-state index in [1.165, 1.54) is 0 Å². The van der Waals surface area contributed by atoms with E-state index in [-0.39, 0.29) is 13.2 Å². The molecule has 0 aliphatic carbocycles. The zero-order valence-electron chi connectivity index (χ0n) is 6.80. The van der Waals surface area contributed by atoms with Crippen LogP contribution in [0.2, 0.25) is 0 Å². The highest BCUT2D eigenvalue weighted by molar-refractivity contribution is 5.66. The van der Waals surface area contributed by atoms with Gasteiger partial charge in [-0.3, -0.25) is 0 Å². The third kappa shape index (κ3) is 7.12. The van der Waals surface area contributed by atoms with E-state index < -0.39 is 6.09 Å². The summed E-state index contributed by atoms with van der Waals surface area (Å²) in [7, 11) is 0. The first-order valence-corrected chi connectivity index (χ1v) is 3.82. The van der Waals surface area contributed by atoms with Crippen molar-refractivity contribution in [2.45, 2.75) is 19.8 Å². The zero-order chi connectivity index (χ0) is 8.53. The van der Waals surface area contributed by atoms with Crippen LogP contribution in [-0.4, -0.2) is 31.0 Å². The van der Waals surface area contributed by atoms with Crippen LogP contribution in [-0.2, 0) is 4.74 Å². The fourth-order valence-electron chi connectivity index (χ4n) is 0.508. The van der Waals surface area contributed by atoms with Gasteiger partial charge in [0.2, 0.25) is 0 Å². The third-order valence-corrected chi connectivity index (χ3v) is 1.05. The van der Waals surface area contributed by atoms with Crippen LogP contribution in [0, 0.1) is 0 Å². The summed E-state index contributed by atoms with van der Waals surface area (Å²) in [4.78, 5) is 10.7. The fourth-order valence-corrected chi connectivity index (χ4v) is 0.508. The standard InChI is InChI=1S/C7H15NO3/c1-2-4-8-7(10)11-6-3-5-9/h9H,2-6H2,1H3,(H,8,10). The summed E-state index contributed by atoms with van der Waals surface area (Å²) in [5.74, 6) is 0. The number of amides is 1. The van der Waals surface area contributed by atoms with Gasteiger partial charge >= 0.3 is 6.09 Å². The van der Waals surface area contributed by atoms with Crippen LogP contribution in [0.15, 0.2) is 0 Å². The Kier molecular flexibility index (Phi) is 6.82. The number of aliphatic hydroxyl groups is 1. The summed E-state index contributed by atoms with van der Waals surface area (Å²) in [6.45, 7) is 2.94. The molecule has 4 heteroatoms. The molecule has 0 aliphatic rings. The molecule has 11 heavy (non-hydrogen) atoms. The molecular formula is C7H15NO3. The van der Waals surface area contributed by atoms with Crippen molar-refractivity contribution in [3.8, 4) is 0 Å². The van der Waals surface area contributed by atoms with Gasteiger partial charge < -0.3 is 15.2 Å². The quantitative estimate of drug-likeness (QED) is 0.577. The van der Waals surface area contributed by atoms with Crippen LogP contribution in [0.5, 0.6) is 0 Å².